The third-order valence-electron chi connectivity index (χ3n) is 7.48. The van der Waals surface area contributed by atoms with Gasteiger partial charge in [0.05, 0.1) is 0 Å². The van der Waals surface area contributed by atoms with Gasteiger partial charge in [-0.1, -0.05) is 113 Å². The van der Waals surface area contributed by atoms with Gasteiger partial charge in [0.2, 0.25) is 0 Å². The number of hydrogen-bond acceptors (Lipinski definition) is 0. The monoisotopic (exact) mass is 436 g/mol. The van der Waals surface area contributed by atoms with E-state index in [1.54, 1.807) is 0 Å². The fourth-order valence-electron chi connectivity index (χ4n) is 5.34. The van der Waals surface area contributed by atoms with Gasteiger partial charge in [-0.2, -0.15) is 0 Å². The molecule has 0 unspecified atom stereocenters. The fourth-order valence-corrected chi connectivity index (χ4v) is 5.59. The quantitative estimate of drug-likeness (QED) is 0.357. The van der Waals surface area contributed by atoms with Crippen molar-refractivity contribution in [3.8, 4) is 11.1 Å². The van der Waals surface area contributed by atoms with Crippen molar-refractivity contribution in [3.63, 3.8) is 0 Å². The smallest absolute Gasteiger partial charge is 0.0444 e. The molecule has 0 N–H and O–H groups in total. The topological polar surface area (TPSA) is 0 Å². The number of benzene rings is 3. The first-order valence-corrected chi connectivity index (χ1v) is 11.7. The van der Waals surface area contributed by atoms with Crippen molar-refractivity contribution in [2.24, 2.45) is 0 Å². The molecule has 0 aromatic heterocycles. The van der Waals surface area contributed by atoms with E-state index >= 15 is 0 Å². The van der Waals surface area contributed by atoms with Crippen molar-refractivity contribution in [3.05, 3.63) is 124 Å². The molecule has 0 saturated carbocycles. The van der Waals surface area contributed by atoms with Crippen LogP contribution in [0.4, 0.5) is 0 Å². The first-order chi connectivity index (χ1) is 15.2. The van der Waals surface area contributed by atoms with Crippen molar-refractivity contribution >= 4 is 17.2 Å². The Kier molecular flexibility index (Phi) is 4.84. The number of rotatable bonds is 1. The van der Waals surface area contributed by atoms with Crippen LogP contribution < -0.4 is 0 Å². The van der Waals surface area contributed by atoms with Gasteiger partial charge in [0.1, 0.15) is 0 Å². The molecule has 0 aliphatic heterocycles. The van der Waals surface area contributed by atoms with Crippen molar-refractivity contribution in [1.82, 2.24) is 0 Å². The van der Waals surface area contributed by atoms with Crippen molar-refractivity contribution in [2.75, 3.05) is 0 Å². The van der Waals surface area contributed by atoms with Gasteiger partial charge in [0.15, 0.2) is 0 Å². The van der Waals surface area contributed by atoms with Crippen LogP contribution in [0.25, 0.3) is 16.7 Å². The Morgan fingerprint density at radius 1 is 0.781 bits per heavy atom. The molecule has 3 aromatic rings. The molecule has 0 bridgehead atoms. The molecule has 1 heteroatoms. The molecule has 2 aliphatic rings. The summed E-state index contributed by atoms with van der Waals surface area (Å²) in [6, 6.07) is 23.8. The molecule has 0 saturated heterocycles. The average molecular weight is 437 g/mol. The molecular weight excluding hydrogens is 408 g/mol. The minimum absolute atomic E-state index is 0.0951. The average Bonchev–Trinajstić information content (AvgIpc) is 3.00. The summed E-state index contributed by atoms with van der Waals surface area (Å²) in [4.78, 5) is 0. The van der Waals surface area contributed by atoms with Gasteiger partial charge in [-0.3, -0.25) is 0 Å². The second-order valence-electron chi connectivity index (χ2n) is 10.0. The lowest BCUT2D eigenvalue weighted by Gasteiger charge is -2.29. The fraction of sp³-hybridized carbons (Fsp3) is 0.226. The van der Waals surface area contributed by atoms with Gasteiger partial charge in [0, 0.05) is 15.9 Å². The normalized spacial score (nSPS) is 21.6. The van der Waals surface area contributed by atoms with Crippen LogP contribution in [0.15, 0.2) is 96.6 Å². The van der Waals surface area contributed by atoms with E-state index in [9.17, 15) is 0 Å². The highest BCUT2D eigenvalue weighted by atomic mass is 35.5. The first kappa shape index (κ1) is 21.0. The molecule has 0 heterocycles. The van der Waals surface area contributed by atoms with E-state index in [1.807, 2.05) is 6.07 Å². The third-order valence-corrected chi connectivity index (χ3v) is 7.83. The van der Waals surface area contributed by atoms with Crippen molar-refractivity contribution < 1.29 is 0 Å². The molecule has 32 heavy (non-hydrogen) atoms. The second-order valence-corrected chi connectivity index (χ2v) is 10.5. The second kappa shape index (κ2) is 7.36. The minimum Gasteiger partial charge on any atom is -0.0949 e. The Morgan fingerprint density at radius 3 is 2.28 bits per heavy atom. The third kappa shape index (κ3) is 3.12. The van der Waals surface area contributed by atoms with Gasteiger partial charge in [-0.25, -0.2) is 0 Å². The maximum atomic E-state index is 6.71. The summed E-state index contributed by atoms with van der Waals surface area (Å²) in [6.07, 6.45) is 5.53. The molecule has 160 valence electrons. The lowest BCUT2D eigenvalue weighted by molar-refractivity contribution is 0.635. The highest BCUT2D eigenvalue weighted by molar-refractivity contribution is 6.31. The van der Waals surface area contributed by atoms with E-state index in [0.29, 0.717) is 0 Å². The Balaban J connectivity index is 1.73. The van der Waals surface area contributed by atoms with Gasteiger partial charge < -0.3 is 0 Å². The summed E-state index contributed by atoms with van der Waals surface area (Å²) in [5.41, 5.74) is 11.2. The largest absolute Gasteiger partial charge is 0.0949 e. The predicted octanol–water partition coefficient (Wildman–Crippen LogP) is 8.70. The number of allylic oxidation sites excluding steroid dienone is 5. The van der Waals surface area contributed by atoms with Crippen molar-refractivity contribution in [1.29, 1.82) is 0 Å². The molecule has 3 aromatic carbocycles. The zero-order valence-electron chi connectivity index (χ0n) is 19.3. The van der Waals surface area contributed by atoms with Crippen LogP contribution in [0, 0.1) is 0 Å². The highest BCUT2D eigenvalue weighted by Crippen LogP contribution is 2.52. The van der Waals surface area contributed by atoms with Crippen molar-refractivity contribution in [2.45, 2.75) is 44.9 Å². The predicted molar refractivity (Wildman–Crippen MR) is 138 cm³/mol. The summed E-state index contributed by atoms with van der Waals surface area (Å²) in [6.45, 7) is 13.7. The SMILES string of the molecule is C=C1/C=C2\C(=C/Cc3c(Cl)cccc3C1(C)C)C(C)(C)c1cc(-c3ccccc3)ccc12. The Bertz CT molecular complexity index is 1300. The molecule has 2 aliphatic carbocycles. The molecule has 0 nitrogen and oxygen atoms in total. The van der Waals surface area contributed by atoms with Crippen LogP contribution in [0.3, 0.4) is 0 Å². The Hall–Kier alpha value is -2.83. The van der Waals surface area contributed by atoms with Gasteiger partial charge >= 0.3 is 0 Å². The number of halogens is 1. The molecule has 5 rings (SSSR count). The summed E-state index contributed by atoms with van der Waals surface area (Å²) in [5, 5.41) is 0.836. The van der Waals surface area contributed by atoms with Crippen LogP contribution in [0.2, 0.25) is 5.02 Å². The zero-order chi connectivity index (χ0) is 22.7. The standard InChI is InChI=1S/C31H29Cl/c1-20-18-25-23-15-14-22(21-10-7-6-8-11-21)19-28(23)31(4,5)27(25)17-16-24-26(30(20,2)3)12-9-13-29(24)32/h6-15,17-19H,1,16H2,2-5H3/b25-18-,27-17+. The summed E-state index contributed by atoms with van der Waals surface area (Å²) >= 11 is 6.71. The lowest BCUT2D eigenvalue weighted by atomic mass is 9.75. The molecule has 0 amide bonds. The molecule has 0 spiro atoms. The van der Waals surface area contributed by atoms with Gasteiger partial charge in [-0.15, -0.1) is 0 Å². The van der Waals surface area contributed by atoms with Gasteiger partial charge in [0.25, 0.3) is 0 Å². The minimum atomic E-state index is -0.201. The van der Waals surface area contributed by atoms with E-state index in [-0.39, 0.29) is 10.8 Å². The Morgan fingerprint density at radius 2 is 1.53 bits per heavy atom. The summed E-state index contributed by atoms with van der Waals surface area (Å²) in [5.74, 6) is 0. The van der Waals surface area contributed by atoms with E-state index in [2.05, 4.69) is 107 Å². The number of hydrogen-bond donors (Lipinski definition) is 0. The highest BCUT2D eigenvalue weighted by Gasteiger charge is 2.39. The number of fused-ring (bicyclic) bond motifs is 4. The van der Waals surface area contributed by atoms with Crippen LogP contribution >= 0.6 is 11.6 Å². The van der Waals surface area contributed by atoms with E-state index in [1.165, 1.54) is 44.5 Å². The van der Waals surface area contributed by atoms with Crippen LogP contribution in [0.5, 0.6) is 0 Å². The van der Waals surface area contributed by atoms with Crippen LogP contribution in [-0.4, -0.2) is 0 Å². The van der Waals surface area contributed by atoms with E-state index in [4.69, 9.17) is 11.6 Å². The van der Waals surface area contributed by atoms with Crippen LogP contribution in [-0.2, 0) is 17.3 Å². The van der Waals surface area contributed by atoms with Gasteiger partial charge in [-0.05, 0) is 68.7 Å². The molecular formula is C31H29Cl. The van der Waals surface area contributed by atoms with E-state index in [0.717, 1.165) is 17.0 Å². The lowest BCUT2D eigenvalue weighted by Crippen LogP contribution is -2.21. The Labute approximate surface area is 197 Å². The zero-order valence-corrected chi connectivity index (χ0v) is 20.1. The molecule has 0 radical (unpaired) electrons. The summed E-state index contributed by atoms with van der Waals surface area (Å²) < 4.78 is 0. The molecule has 0 fully saturated rings. The maximum Gasteiger partial charge on any atom is 0.0444 e. The molecule has 0 atom stereocenters. The first-order valence-electron chi connectivity index (χ1n) is 11.3. The maximum absolute atomic E-state index is 6.71. The van der Waals surface area contributed by atoms with E-state index < -0.39 is 0 Å². The van der Waals surface area contributed by atoms with Crippen LogP contribution in [0.1, 0.15) is 49.9 Å². The summed E-state index contributed by atoms with van der Waals surface area (Å²) in [7, 11) is 0.